The van der Waals surface area contributed by atoms with Crippen molar-refractivity contribution in [1.29, 1.82) is 0 Å². The van der Waals surface area contributed by atoms with E-state index in [0.29, 0.717) is 11.9 Å². The summed E-state index contributed by atoms with van der Waals surface area (Å²) in [6.45, 7) is 0.573. The molecule has 0 spiro atoms. The molecule has 0 unspecified atom stereocenters. The Kier molecular flexibility index (Phi) is 3.86. The second kappa shape index (κ2) is 4.97. The van der Waals surface area contributed by atoms with Crippen LogP contribution in [0.1, 0.15) is 11.1 Å². The van der Waals surface area contributed by atoms with Gasteiger partial charge in [0.1, 0.15) is 0 Å². The molecule has 1 rings (SSSR count). The zero-order valence-corrected chi connectivity index (χ0v) is 8.26. The molecular formula is C10H10BrN. The van der Waals surface area contributed by atoms with Crippen LogP contribution in [0.5, 0.6) is 0 Å². The van der Waals surface area contributed by atoms with E-state index in [1.807, 2.05) is 24.3 Å². The third kappa shape index (κ3) is 2.69. The van der Waals surface area contributed by atoms with Crippen molar-refractivity contribution in [3.63, 3.8) is 0 Å². The molecule has 0 heterocycles. The van der Waals surface area contributed by atoms with E-state index < -0.39 is 0 Å². The van der Waals surface area contributed by atoms with Crippen molar-refractivity contribution in [2.45, 2.75) is 6.54 Å². The molecule has 0 aromatic heterocycles. The molecule has 1 nitrogen and oxygen atoms in total. The van der Waals surface area contributed by atoms with E-state index in [2.05, 4.69) is 27.8 Å². The van der Waals surface area contributed by atoms with Crippen molar-refractivity contribution in [3.05, 3.63) is 35.4 Å². The highest BCUT2D eigenvalue weighted by Gasteiger charge is 1.89. The Morgan fingerprint density at radius 1 is 1.42 bits per heavy atom. The summed E-state index contributed by atoms with van der Waals surface area (Å²) in [6.07, 6.45) is 0. The van der Waals surface area contributed by atoms with Crippen LogP contribution >= 0.6 is 15.9 Å². The van der Waals surface area contributed by atoms with Crippen LogP contribution in [0.2, 0.25) is 0 Å². The van der Waals surface area contributed by atoms with Crippen molar-refractivity contribution in [2.24, 2.45) is 5.73 Å². The van der Waals surface area contributed by atoms with Gasteiger partial charge in [-0.1, -0.05) is 39.9 Å². The van der Waals surface area contributed by atoms with E-state index in [0.717, 1.165) is 11.1 Å². The van der Waals surface area contributed by atoms with Crippen molar-refractivity contribution >= 4 is 15.9 Å². The quantitative estimate of drug-likeness (QED) is 0.572. The Bertz CT molecular complexity index is 309. The summed E-state index contributed by atoms with van der Waals surface area (Å²) in [6, 6.07) is 7.96. The molecule has 2 heteroatoms. The third-order valence-corrected chi connectivity index (χ3v) is 1.74. The Labute approximate surface area is 81.1 Å². The third-order valence-electron chi connectivity index (χ3n) is 1.46. The van der Waals surface area contributed by atoms with Gasteiger partial charge < -0.3 is 5.73 Å². The van der Waals surface area contributed by atoms with Crippen LogP contribution in [0.3, 0.4) is 0 Å². The molecule has 0 amide bonds. The van der Waals surface area contributed by atoms with E-state index in [1.54, 1.807) is 0 Å². The highest BCUT2D eigenvalue weighted by molar-refractivity contribution is 9.09. The molecule has 1 aromatic rings. The number of nitrogens with two attached hydrogens (primary N) is 1. The number of hydrogen-bond donors (Lipinski definition) is 1. The molecule has 12 heavy (non-hydrogen) atoms. The molecule has 0 bridgehead atoms. The van der Waals surface area contributed by atoms with E-state index >= 15 is 0 Å². The van der Waals surface area contributed by atoms with E-state index in [9.17, 15) is 0 Å². The zero-order valence-electron chi connectivity index (χ0n) is 6.68. The number of benzene rings is 1. The largest absolute Gasteiger partial charge is 0.326 e. The van der Waals surface area contributed by atoms with Gasteiger partial charge in [-0.3, -0.25) is 0 Å². The maximum absolute atomic E-state index is 5.49. The number of halogens is 1. The molecule has 0 saturated carbocycles. The molecule has 1 aromatic carbocycles. The summed E-state index contributed by atoms with van der Waals surface area (Å²) in [5.74, 6) is 5.96. The normalized spacial score (nSPS) is 8.83. The molecule has 0 aliphatic carbocycles. The smallest absolute Gasteiger partial charge is 0.0649 e. The van der Waals surface area contributed by atoms with E-state index in [-0.39, 0.29) is 0 Å². The Morgan fingerprint density at radius 2 is 2.25 bits per heavy atom. The fourth-order valence-corrected chi connectivity index (χ4v) is 1.05. The summed E-state index contributed by atoms with van der Waals surface area (Å²) < 4.78 is 0. The average molecular weight is 224 g/mol. The Hall–Kier alpha value is -0.780. The minimum Gasteiger partial charge on any atom is -0.326 e. The predicted molar refractivity (Wildman–Crippen MR) is 55.0 cm³/mol. The first-order valence-electron chi connectivity index (χ1n) is 3.70. The summed E-state index contributed by atoms with van der Waals surface area (Å²) >= 11 is 3.24. The molecule has 0 aliphatic rings. The van der Waals surface area contributed by atoms with Crippen molar-refractivity contribution in [2.75, 3.05) is 5.33 Å². The van der Waals surface area contributed by atoms with Gasteiger partial charge in [0.25, 0.3) is 0 Å². The predicted octanol–water partition coefficient (Wildman–Crippen LogP) is 1.89. The molecule has 0 aliphatic heterocycles. The Morgan fingerprint density at radius 3 is 2.92 bits per heavy atom. The molecule has 62 valence electrons. The number of hydrogen-bond acceptors (Lipinski definition) is 1. The number of rotatable bonds is 1. The van der Waals surface area contributed by atoms with Crippen LogP contribution in [0.4, 0.5) is 0 Å². The van der Waals surface area contributed by atoms with Crippen molar-refractivity contribution in [1.82, 2.24) is 0 Å². The van der Waals surface area contributed by atoms with Crippen LogP contribution in [0.25, 0.3) is 0 Å². The second-order valence-corrected chi connectivity index (χ2v) is 2.90. The topological polar surface area (TPSA) is 26.0 Å². The number of alkyl halides is 1. The van der Waals surface area contributed by atoms with Gasteiger partial charge in [-0.2, -0.15) is 0 Å². The van der Waals surface area contributed by atoms with Gasteiger partial charge in [-0.25, -0.2) is 0 Å². The molecular weight excluding hydrogens is 214 g/mol. The first-order chi connectivity index (χ1) is 5.86. The lowest BCUT2D eigenvalue weighted by atomic mass is 10.1. The minimum atomic E-state index is 0.573. The van der Waals surface area contributed by atoms with Gasteiger partial charge in [-0.15, -0.1) is 0 Å². The van der Waals surface area contributed by atoms with Crippen molar-refractivity contribution in [3.8, 4) is 11.8 Å². The summed E-state index contributed by atoms with van der Waals surface area (Å²) in [4.78, 5) is 0. The first-order valence-corrected chi connectivity index (χ1v) is 4.83. The maximum atomic E-state index is 5.49. The second-order valence-electron chi connectivity index (χ2n) is 2.34. The van der Waals surface area contributed by atoms with Crippen molar-refractivity contribution < 1.29 is 0 Å². The van der Waals surface area contributed by atoms with Crippen LogP contribution in [0, 0.1) is 11.8 Å². The first kappa shape index (κ1) is 9.31. The van der Waals surface area contributed by atoms with Gasteiger partial charge in [0, 0.05) is 12.1 Å². The average Bonchev–Trinajstić information content (AvgIpc) is 2.15. The van der Waals surface area contributed by atoms with Gasteiger partial charge in [0.05, 0.1) is 5.33 Å². The summed E-state index contributed by atoms with van der Waals surface area (Å²) in [5, 5.41) is 0.708. The standard InChI is InChI=1S/C10H10BrN/c11-6-2-5-9-3-1-4-10(7-9)8-12/h1,3-4,7H,6,8,12H2. The van der Waals surface area contributed by atoms with Gasteiger partial charge in [0.15, 0.2) is 0 Å². The molecule has 0 radical (unpaired) electrons. The lowest BCUT2D eigenvalue weighted by Crippen LogP contribution is -1.95. The maximum Gasteiger partial charge on any atom is 0.0649 e. The molecule has 0 atom stereocenters. The van der Waals surface area contributed by atoms with E-state index in [4.69, 9.17) is 5.73 Å². The summed E-state index contributed by atoms with van der Waals surface area (Å²) in [7, 11) is 0. The molecule has 0 saturated heterocycles. The van der Waals surface area contributed by atoms with Gasteiger partial charge in [-0.05, 0) is 17.7 Å². The van der Waals surface area contributed by atoms with Crippen LogP contribution in [0.15, 0.2) is 24.3 Å². The van der Waals surface area contributed by atoms with Gasteiger partial charge in [0.2, 0.25) is 0 Å². The Balaban J connectivity index is 2.86. The highest BCUT2D eigenvalue weighted by Crippen LogP contribution is 2.02. The highest BCUT2D eigenvalue weighted by atomic mass is 79.9. The minimum absolute atomic E-state index is 0.573. The monoisotopic (exact) mass is 223 g/mol. The summed E-state index contributed by atoms with van der Waals surface area (Å²) in [5.41, 5.74) is 7.64. The lowest BCUT2D eigenvalue weighted by molar-refractivity contribution is 1.07. The lowest BCUT2D eigenvalue weighted by Gasteiger charge is -1.95. The molecule has 2 N–H and O–H groups in total. The van der Waals surface area contributed by atoms with E-state index in [1.165, 1.54) is 0 Å². The fourth-order valence-electron chi connectivity index (χ4n) is 0.912. The molecule has 0 fully saturated rings. The van der Waals surface area contributed by atoms with Crippen LogP contribution in [-0.4, -0.2) is 5.33 Å². The van der Waals surface area contributed by atoms with Crippen LogP contribution in [-0.2, 0) is 6.54 Å². The van der Waals surface area contributed by atoms with Crippen LogP contribution < -0.4 is 5.73 Å². The zero-order chi connectivity index (χ0) is 8.81. The fraction of sp³-hybridized carbons (Fsp3) is 0.200. The van der Waals surface area contributed by atoms with Gasteiger partial charge >= 0.3 is 0 Å². The SMILES string of the molecule is NCc1cccc(C#CCBr)c1.